The van der Waals surface area contributed by atoms with Crippen LogP contribution in [0.15, 0.2) is 22.7 Å². The van der Waals surface area contributed by atoms with Crippen LogP contribution in [0.25, 0.3) is 0 Å². The second-order valence-electron chi connectivity index (χ2n) is 3.73. The summed E-state index contributed by atoms with van der Waals surface area (Å²) in [5, 5.41) is 0. The predicted octanol–water partition coefficient (Wildman–Crippen LogP) is 3.95. The minimum atomic E-state index is 0.616. The molecule has 0 bridgehead atoms. The molecular formula is C13H19BrO2. The third-order valence-electron chi connectivity index (χ3n) is 2.27. The van der Waals surface area contributed by atoms with Gasteiger partial charge in [-0.3, -0.25) is 0 Å². The molecule has 0 saturated heterocycles. The average molecular weight is 287 g/mol. The zero-order valence-electron chi connectivity index (χ0n) is 9.96. The number of halogens is 1. The van der Waals surface area contributed by atoms with Gasteiger partial charge in [0.1, 0.15) is 12.4 Å². The second kappa shape index (κ2) is 7.69. The van der Waals surface area contributed by atoms with E-state index in [0.29, 0.717) is 13.2 Å². The van der Waals surface area contributed by atoms with Crippen molar-refractivity contribution in [2.24, 2.45) is 0 Å². The lowest BCUT2D eigenvalue weighted by Gasteiger charge is -2.08. The van der Waals surface area contributed by atoms with E-state index in [-0.39, 0.29) is 0 Å². The summed E-state index contributed by atoms with van der Waals surface area (Å²) in [4.78, 5) is 0. The molecule has 16 heavy (non-hydrogen) atoms. The van der Waals surface area contributed by atoms with Crippen LogP contribution in [0.3, 0.4) is 0 Å². The first kappa shape index (κ1) is 13.5. The quantitative estimate of drug-likeness (QED) is 0.707. The van der Waals surface area contributed by atoms with Gasteiger partial charge in [0.05, 0.1) is 6.61 Å². The van der Waals surface area contributed by atoms with Gasteiger partial charge in [-0.15, -0.1) is 0 Å². The summed E-state index contributed by atoms with van der Waals surface area (Å²) in [6, 6.07) is 5.99. The van der Waals surface area contributed by atoms with Gasteiger partial charge < -0.3 is 9.47 Å². The standard InChI is InChI=1S/C13H19BrO2/c1-3-4-7-15-8-9-16-12-5-6-13(14)11(2)10-12/h5-6,10H,3-4,7-9H2,1-2H3. The van der Waals surface area contributed by atoms with Gasteiger partial charge in [-0.05, 0) is 37.1 Å². The van der Waals surface area contributed by atoms with Gasteiger partial charge in [-0.25, -0.2) is 0 Å². The van der Waals surface area contributed by atoms with E-state index in [2.05, 4.69) is 29.8 Å². The first-order chi connectivity index (χ1) is 7.74. The maximum absolute atomic E-state index is 5.58. The van der Waals surface area contributed by atoms with Gasteiger partial charge in [-0.1, -0.05) is 29.3 Å². The van der Waals surface area contributed by atoms with E-state index in [4.69, 9.17) is 9.47 Å². The van der Waals surface area contributed by atoms with Crippen LogP contribution in [0, 0.1) is 6.92 Å². The van der Waals surface area contributed by atoms with Crippen molar-refractivity contribution < 1.29 is 9.47 Å². The third-order valence-corrected chi connectivity index (χ3v) is 3.16. The zero-order chi connectivity index (χ0) is 11.8. The molecule has 0 fully saturated rings. The summed E-state index contributed by atoms with van der Waals surface area (Å²) in [5.41, 5.74) is 1.18. The molecule has 1 aromatic carbocycles. The van der Waals surface area contributed by atoms with Crippen LogP contribution < -0.4 is 4.74 Å². The molecule has 0 heterocycles. The molecule has 0 spiro atoms. The number of hydrogen-bond acceptors (Lipinski definition) is 2. The van der Waals surface area contributed by atoms with Gasteiger partial charge in [0, 0.05) is 11.1 Å². The minimum Gasteiger partial charge on any atom is -0.491 e. The number of hydrogen-bond donors (Lipinski definition) is 0. The van der Waals surface area contributed by atoms with Crippen molar-refractivity contribution in [1.29, 1.82) is 0 Å². The molecule has 0 radical (unpaired) electrons. The Kier molecular flexibility index (Phi) is 6.50. The molecule has 0 aliphatic carbocycles. The van der Waals surface area contributed by atoms with Crippen molar-refractivity contribution in [2.45, 2.75) is 26.7 Å². The lowest BCUT2D eigenvalue weighted by molar-refractivity contribution is 0.0980. The summed E-state index contributed by atoms with van der Waals surface area (Å²) in [6.45, 7) is 6.32. The normalized spacial score (nSPS) is 10.4. The molecule has 2 nitrogen and oxygen atoms in total. The van der Waals surface area contributed by atoms with E-state index >= 15 is 0 Å². The fourth-order valence-electron chi connectivity index (χ4n) is 1.27. The van der Waals surface area contributed by atoms with Crippen LogP contribution in [0.5, 0.6) is 5.75 Å². The second-order valence-corrected chi connectivity index (χ2v) is 4.58. The third kappa shape index (κ3) is 4.99. The maximum Gasteiger partial charge on any atom is 0.119 e. The summed E-state index contributed by atoms with van der Waals surface area (Å²) >= 11 is 3.46. The first-order valence-corrected chi connectivity index (χ1v) is 6.50. The van der Waals surface area contributed by atoms with E-state index < -0.39 is 0 Å². The molecule has 0 aliphatic heterocycles. The van der Waals surface area contributed by atoms with Crippen molar-refractivity contribution in [3.8, 4) is 5.75 Å². The summed E-state index contributed by atoms with van der Waals surface area (Å²) in [5.74, 6) is 0.903. The van der Waals surface area contributed by atoms with Crippen molar-refractivity contribution in [3.05, 3.63) is 28.2 Å². The van der Waals surface area contributed by atoms with Gasteiger partial charge >= 0.3 is 0 Å². The van der Waals surface area contributed by atoms with Crippen LogP contribution in [-0.2, 0) is 4.74 Å². The van der Waals surface area contributed by atoms with Crippen LogP contribution in [0.4, 0.5) is 0 Å². The fourth-order valence-corrected chi connectivity index (χ4v) is 1.52. The number of aryl methyl sites for hydroxylation is 1. The highest BCUT2D eigenvalue weighted by molar-refractivity contribution is 9.10. The highest BCUT2D eigenvalue weighted by atomic mass is 79.9. The first-order valence-electron chi connectivity index (χ1n) is 5.70. The van der Waals surface area contributed by atoms with Crippen LogP contribution in [0.2, 0.25) is 0 Å². The topological polar surface area (TPSA) is 18.5 Å². The minimum absolute atomic E-state index is 0.616. The van der Waals surface area contributed by atoms with E-state index in [1.807, 2.05) is 18.2 Å². The predicted molar refractivity (Wildman–Crippen MR) is 70.1 cm³/mol. The van der Waals surface area contributed by atoms with Crippen molar-refractivity contribution >= 4 is 15.9 Å². The fraction of sp³-hybridized carbons (Fsp3) is 0.538. The smallest absolute Gasteiger partial charge is 0.119 e. The summed E-state index contributed by atoms with van der Waals surface area (Å²) in [6.07, 6.45) is 2.30. The largest absolute Gasteiger partial charge is 0.491 e. The molecule has 1 aromatic rings. The lowest BCUT2D eigenvalue weighted by atomic mass is 10.2. The van der Waals surface area contributed by atoms with Crippen molar-refractivity contribution in [1.82, 2.24) is 0 Å². The number of rotatable bonds is 7. The maximum atomic E-state index is 5.58. The molecule has 0 amide bonds. The average Bonchev–Trinajstić information content (AvgIpc) is 2.28. The Morgan fingerprint density at radius 2 is 2.00 bits per heavy atom. The van der Waals surface area contributed by atoms with E-state index in [1.165, 1.54) is 12.0 Å². The molecule has 0 N–H and O–H groups in total. The molecule has 1 rings (SSSR count). The Morgan fingerprint density at radius 3 is 2.69 bits per heavy atom. The van der Waals surface area contributed by atoms with Crippen LogP contribution in [0.1, 0.15) is 25.3 Å². The van der Waals surface area contributed by atoms with Gasteiger partial charge in [-0.2, -0.15) is 0 Å². The van der Waals surface area contributed by atoms with E-state index in [9.17, 15) is 0 Å². The van der Waals surface area contributed by atoms with E-state index in [1.54, 1.807) is 0 Å². The zero-order valence-corrected chi connectivity index (χ0v) is 11.5. The van der Waals surface area contributed by atoms with Gasteiger partial charge in [0.25, 0.3) is 0 Å². The summed E-state index contributed by atoms with van der Waals surface area (Å²) in [7, 11) is 0. The lowest BCUT2D eigenvalue weighted by Crippen LogP contribution is -2.07. The monoisotopic (exact) mass is 286 g/mol. The van der Waals surface area contributed by atoms with Gasteiger partial charge in [0.2, 0.25) is 0 Å². The molecule has 0 aromatic heterocycles. The highest BCUT2D eigenvalue weighted by Gasteiger charge is 1.98. The Balaban J connectivity index is 2.19. The number of unbranched alkanes of at least 4 members (excludes halogenated alkanes) is 1. The molecular weight excluding hydrogens is 268 g/mol. The molecule has 0 aliphatic rings. The number of ether oxygens (including phenoxy) is 2. The molecule has 3 heteroatoms. The molecule has 90 valence electrons. The van der Waals surface area contributed by atoms with Crippen LogP contribution in [-0.4, -0.2) is 19.8 Å². The Morgan fingerprint density at radius 1 is 1.19 bits per heavy atom. The Bertz CT molecular complexity index is 313. The SMILES string of the molecule is CCCCOCCOc1ccc(Br)c(C)c1. The highest BCUT2D eigenvalue weighted by Crippen LogP contribution is 2.21. The van der Waals surface area contributed by atoms with E-state index in [0.717, 1.165) is 23.2 Å². The number of benzene rings is 1. The molecule has 0 unspecified atom stereocenters. The molecule has 0 saturated carbocycles. The van der Waals surface area contributed by atoms with Crippen LogP contribution >= 0.6 is 15.9 Å². The summed E-state index contributed by atoms with van der Waals surface area (Å²) < 4.78 is 12.1. The van der Waals surface area contributed by atoms with Crippen molar-refractivity contribution in [3.63, 3.8) is 0 Å². The van der Waals surface area contributed by atoms with Crippen molar-refractivity contribution in [2.75, 3.05) is 19.8 Å². The molecule has 0 atom stereocenters. The Hall–Kier alpha value is -0.540. The van der Waals surface area contributed by atoms with Gasteiger partial charge in [0.15, 0.2) is 0 Å². The Labute approximate surface area is 106 Å².